The number of carbonyl (C=O) groups excluding carboxylic acids is 1. The summed E-state index contributed by atoms with van der Waals surface area (Å²) in [4.78, 5) is 16.3. The van der Waals surface area contributed by atoms with Crippen molar-refractivity contribution in [3.63, 3.8) is 0 Å². The third kappa shape index (κ3) is 5.58. The van der Waals surface area contributed by atoms with Crippen molar-refractivity contribution in [3.8, 4) is 11.5 Å². The summed E-state index contributed by atoms with van der Waals surface area (Å²) < 4.78 is 28.3. The number of aromatic nitrogens is 1. The summed E-state index contributed by atoms with van der Waals surface area (Å²) >= 11 is 12.0. The number of rotatable bonds is 8. The van der Waals surface area contributed by atoms with Crippen molar-refractivity contribution < 1.29 is 28.2 Å². The summed E-state index contributed by atoms with van der Waals surface area (Å²) in [6.45, 7) is 0. The normalized spacial score (nSPS) is 17.2. The zero-order chi connectivity index (χ0) is 24.9. The van der Waals surface area contributed by atoms with Crippen molar-refractivity contribution in [2.45, 2.75) is 31.5 Å². The molecule has 0 radical (unpaired) electrons. The minimum Gasteiger partial charge on any atom is -0.493 e. The van der Waals surface area contributed by atoms with Crippen molar-refractivity contribution in [3.05, 3.63) is 70.4 Å². The van der Waals surface area contributed by atoms with E-state index in [0.29, 0.717) is 39.6 Å². The highest BCUT2D eigenvalue weighted by Gasteiger charge is 2.33. The number of halogens is 1. The number of fused-ring (bicyclic) bond motifs is 1. The molecule has 0 fully saturated rings. The van der Waals surface area contributed by atoms with Crippen LogP contribution in [0.5, 0.6) is 11.5 Å². The van der Waals surface area contributed by atoms with Crippen LogP contribution < -0.4 is 14.8 Å². The topological polar surface area (TPSA) is 92.1 Å². The van der Waals surface area contributed by atoms with Gasteiger partial charge in [-0.3, -0.25) is 4.79 Å². The second-order valence-electron chi connectivity index (χ2n) is 7.81. The lowest BCUT2D eigenvalue weighted by atomic mass is 9.98. The fourth-order valence-corrected chi connectivity index (χ4v) is 4.35. The van der Waals surface area contributed by atoms with Gasteiger partial charge in [-0.1, -0.05) is 36.0 Å². The molecule has 0 bridgehead atoms. The highest BCUT2D eigenvalue weighted by molar-refractivity contribution is 7.80. The summed E-state index contributed by atoms with van der Waals surface area (Å²) in [5.74, 6) is 1.85. The number of benzene rings is 2. The minimum absolute atomic E-state index is 0.207. The largest absolute Gasteiger partial charge is 0.493 e. The molecule has 2 heterocycles. The zero-order valence-electron chi connectivity index (χ0n) is 19.5. The van der Waals surface area contributed by atoms with Crippen molar-refractivity contribution in [2.24, 2.45) is 0 Å². The van der Waals surface area contributed by atoms with Crippen LogP contribution in [0, 0.1) is 0 Å². The van der Waals surface area contributed by atoms with Crippen LogP contribution in [0.1, 0.15) is 35.3 Å². The molecule has 8 nitrogen and oxygen atoms in total. The van der Waals surface area contributed by atoms with Crippen molar-refractivity contribution in [2.75, 3.05) is 26.6 Å². The van der Waals surface area contributed by atoms with E-state index in [4.69, 9.17) is 42.4 Å². The number of hydrogen-bond donors (Lipinski definition) is 1. The van der Waals surface area contributed by atoms with E-state index in [9.17, 15) is 4.79 Å². The van der Waals surface area contributed by atoms with Crippen LogP contribution in [-0.4, -0.2) is 43.4 Å². The van der Waals surface area contributed by atoms with Crippen molar-refractivity contribution in [1.82, 2.24) is 4.98 Å². The fourth-order valence-electron chi connectivity index (χ4n) is 3.92. The summed E-state index contributed by atoms with van der Waals surface area (Å²) in [7, 11) is 4.52. The second-order valence-corrected chi connectivity index (χ2v) is 8.69. The molecule has 4 rings (SSSR count). The van der Waals surface area contributed by atoms with E-state index in [2.05, 4.69) is 15.0 Å². The fraction of sp³-hybridized carbons (Fsp3) is 0.320. The lowest BCUT2D eigenvalue weighted by molar-refractivity contribution is -0.140. The molecule has 0 saturated heterocycles. The van der Waals surface area contributed by atoms with Gasteiger partial charge in [-0.15, -0.1) is 0 Å². The number of oxazole rings is 1. The number of hydrogen-bond acceptors (Lipinski definition) is 8. The highest BCUT2D eigenvalue weighted by Crippen LogP contribution is 2.43. The number of nitrogens with one attached hydrogen (secondary N) is 1. The predicted molar refractivity (Wildman–Crippen MR) is 134 cm³/mol. The van der Waals surface area contributed by atoms with Crippen LogP contribution in [-0.2, 0) is 27.1 Å². The number of methoxy groups -OCH3 is 3. The number of carbonyl (C=O) groups is 1. The van der Waals surface area contributed by atoms with Crippen LogP contribution >= 0.6 is 23.8 Å². The minimum atomic E-state index is -0.569. The maximum Gasteiger partial charge on any atom is 0.305 e. The molecule has 1 aliphatic heterocycles. The molecule has 0 spiro atoms. The Bertz CT molecular complexity index is 1230. The average Bonchev–Trinajstić information content (AvgIpc) is 3.27. The monoisotopic (exact) mass is 516 g/mol. The van der Waals surface area contributed by atoms with E-state index in [1.165, 1.54) is 7.11 Å². The van der Waals surface area contributed by atoms with Crippen LogP contribution in [0.3, 0.4) is 0 Å². The van der Waals surface area contributed by atoms with Gasteiger partial charge in [0, 0.05) is 28.3 Å². The van der Waals surface area contributed by atoms with E-state index in [1.807, 2.05) is 30.3 Å². The number of aryl methyl sites for hydroxylation is 1. The molecule has 1 aromatic heterocycles. The molecule has 3 aromatic rings. The van der Waals surface area contributed by atoms with Gasteiger partial charge in [0.05, 0.1) is 40.4 Å². The first-order chi connectivity index (χ1) is 16.9. The Morgan fingerprint density at radius 2 is 2.00 bits per heavy atom. The van der Waals surface area contributed by atoms with Gasteiger partial charge in [-0.2, -0.15) is 0 Å². The molecule has 10 heteroatoms. The zero-order valence-corrected chi connectivity index (χ0v) is 21.1. The third-order valence-corrected chi connectivity index (χ3v) is 6.23. The molecular formula is C25H25ClN2O6S. The maximum absolute atomic E-state index is 11.4. The van der Waals surface area contributed by atoms with Crippen molar-refractivity contribution in [1.29, 1.82) is 0 Å². The van der Waals surface area contributed by atoms with Crippen LogP contribution in [0.25, 0.3) is 0 Å². The first-order valence-electron chi connectivity index (χ1n) is 10.9. The van der Waals surface area contributed by atoms with Crippen LogP contribution in [0.4, 0.5) is 5.69 Å². The predicted octanol–water partition coefficient (Wildman–Crippen LogP) is 4.92. The first kappa shape index (κ1) is 25.0. The smallest absolute Gasteiger partial charge is 0.305 e. The summed E-state index contributed by atoms with van der Waals surface area (Å²) in [6.07, 6.45) is 1.35. The van der Waals surface area contributed by atoms with E-state index in [1.54, 1.807) is 26.5 Å². The molecule has 1 N–H and O–H groups in total. The van der Waals surface area contributed by atoms with Gasteiger partial charge in [0.1, 0.15) is 23.0 Å². The average molecular weight is 517 g/mol. The van der Waals surface area contributed by atoms with Crippen molar-refractivity contribution >= 4 is 40.5 Å². The summed E-state index contributed by atoms with van der Waals surface area (Å²) in [5.41, 5.74) is 2.35. The molecule has 184 valence electrons. The number of esters is 1. The number of anilines is 1. The number of nitrogens with zero attached hydrogens (tertiary/aromatic N) is 1. The molecule has 0 saturated carbocycles. The number of para-hydroxylation sites is 1. The molecular weight excluding hydrogens is 492 g/mol. The first-order valence-corrected chi connectivity index (χ1v) is 11.7. The van der Waals surface area contributed by atoms with E-state index < -0.39 is 12.2 Å². The quantitative estimate of drug-likeness (QED) is 0.330. The van der Waals surface area contributed by atoms with E-state index in [-0.39, 0.29) is 18.8 Å². The lowest BCUT2D eigenvalue weighted by Gasteiger charge is -2.24. The van der Waals surface area contributed by atoms with Gasteiger partial charge in [-0.25, -0.2) is 4.98 Å². The van der Waals surface area contributed by atoms with Crippen LogP contribution in [0.15, 0.2) is 47.0 Å². The molecule has 2 aromatic carbocycles. The molecule has 0 aliphatic carbocycles. The second kappa shape index (κ2) is 11.1. The maximum atomic E-state index is 11.4. The molecule has 0 unspecified atom stereocenters. The number of thiocarbonyl (C=S) groups is 1. The van der Waals surface area contributed by atoms with Gasteiger partial charge in [0.15, 0.2) is 17.4 Å². The molecule has 35 heavy (non-hydrogen) atoms. The molecule has 1 aliphatic rings. The van der Waals surface area contributed by atoms with Gasteiger partial charge >= 0.3 is 5.97 Å². The SMILES string of the molecule is COC(=O)CCc1cnc(C[C@@H]2O[C@@H](c3cccc(OC)c3OC)c3cc(Cl)ccc3NC2=S)o1. The Hall–Kier alpha value is -3.14. The molecule has 0 amide bonds. The third-order valence-electron chi connectivity index (χ3n) is 5.63. The standard InChI is InChI=1S/C25H25ClN2O6S/c1-30-19-6-4-5-16(24(19)32-3)23-17-11-14(26)7-9-18(17)28-25(35)20(34-23)12-21-27-13-15(33-21)8-10-22(29)31-2/h4-7,9,11,13,20,23H,8,10,12H2,1-3H3,(H,28,35)/t20-,23-/m0/s1. The van der Waals surface area contributed by atoms with Gasteiger partial charge in [-0.05, 0) is 24.3 Å². The van der Waals surface area contributed by atoms with Gasteiger partial charge in [0.2, 0.25) is 0 Å². The van der Waals surface area contributed by atoms with Crippen LogP contribution in [0.2, 0.25) is 5.02 Å². The Kier molecular flexibility index (Phi) is 7.90. The Balaban J connectivity index is 1.67. The lowest BCUT2D eigenvalue weighted by Crippen LogP contribution is -2.30. The summed E-state index contributed by atoms with van der Waals surface area (Å²) in [5, 5.41) is 3.85. The van der Waals surface area contributed by atoms with E-state index in [0.717, 1.165) is 16.8 Å². The number of ether oxygens (including phenoxy) is 4. The molecule has 2 atom stereocenters. The Morgan fingerprint density at radius 1 is 1.17 bits per heavy atom. The highest BCUT2D eigenvalue weighted by atomic mass is 35.5. The van der Waals surface area contributed by atoms with Gasteiger partial charge < -0.3 is 28.7 Å². The Labute approximate surface area is 213 Å². The van der Waals surface area contributed by atoms with Gasteiger partial charge in [0.25, 0.3) is 0 Å². The summed E-state index contributed by atoms with van der Waals surface area (Å²) in [6, 6.07) is 11.1. The van der Waals surface area contributed by atoms with E-state index >= 15 is 0 Å². The Morgan fingerprint density at radius 3 is 2.74 bits per heavy atom.